The summed E-state index contributed by atoms with van der Waals surface area (Å²) in [5.74, 6) is 0.952. The summed E-state index contributed by atoms with van der Waals surface area (Å²) in [7, 11) is -2.90. The summed E-state index contributed by atoms with van der Waals surface area (Å²) in [5, 5.41) is 3.72. The topological polar surface area (TPSA) is 98.5 Å². The molecule has 2 aliphatic rings. The molecule has 3 N–H and O–H groups in total. The van der Waals surface area contributed by atoms with E-state index in [0.29, 0.717) is 25.7 Å². The average molecular weight is 533 g/mol. The SMILES string of the molecule is Cc1cc(OC2CCS(=O)(=O)CC2)cc(C)c1-c1cccc(C2CCc3cc(CCC(N)=O)ccc3N2)c1. The summed E-state index contributed by atoms with van der Waals surface area (Å²) < 4.78 is 29.7. The van der Waals surface area contributed by atoms with E-state index in [-0.39, 0.29) is 29.6 Å². The van der Waals surface area contributed by atoms with Gasteiger partial charge in [-0.25, -0.2) is 8.42 Å². The van der Waals surface area contributed by atoms with Crippen LogP contribution in [-0.4, -0.2) is 31.9 Å². The van der Waals surface area contributed by atoms with Gasteiger partial charge in [-0.15, -0.1) is 0 Å². The van der Waals surface area contributed by atoms with Crippen LogP contribution in [0.15, 0.2) is 54.6 Å². The molecule has 1 saturated heterocycles. The molecule has 5 rings (SSSR count). The van der Waals surface area contributed by atoms with Crippen molar-refractivity contribution in [3.63, 3.8) is 0 Å². The summed E-state index contributed by atoms with van der Waals surface area (Å²) in [6.45, 7) is 4.22. The van der Waals surface area contributed by atoms with Gasteiger partial charge in [0.15, 0.2) is 9.84 Å². The molecular formula is C31H36N2O4S. The number of sulfone groups is 1. The minimum atomic E-state index is -2.90. The number of primary amides is 1. The lowest BCUT2D eigenvalue weighted by molar-refractivity contribution is -0.117. The molecule has 0 bridgehead atoms. The summed E-state index contributed by atoms with van der Waals surface area (Å²) in [6.07, 6.45) is 4.09. The molecule has 2 aliphatic heterocycles. The van der Waals surface area contributed by atoms with E-state index in [9.17, 15) is 13.2 Å². The van der Waals surface area contributed by atoms with Gasteiger partial charge in [0.1, 0.15) is 11.9 Å². The Morgan fingerprint density at radius 2 is 1.74 bits per heavy atom. The van der Waals surface area contributed by atoms with E-state index in [1.165, 1.54) is 22.3 Å². The van der Waals surface area contributed by atoms with Crippen molar-refractivity contribution in [3.8, 4) is 16.9 Å². The number of hydrogen-bond donors (Lipinski definition) is 2. The Morgan fingerprint density at radius 1 is 1.00 bits per heavy atom. The van der Waals surface area contributed by atoms with Crippen LogP contribution in [-0.2, 0) is 27.5 Å². The largest absolute Gasteiger partial charge is 0.490 e. The van der Waals surface area contributed by atoms with Crippen molar-refractivity contribution in [1.82, 2.24) is 0 Å². The van der Waals surface area contributed by atoms with Gasteiger partial charge >= 0.3 is 0 Å². The normalized spacial score (nSPS) is 18.8. The first kappa shape index (κ1) is 26.3. The molecule has 3 aromatic rings. The fraction of sp³-hybridized carbons (Fsp3) is 0.387. The third-order valence-electron chi connectivity index (χ3n) is 7.75. The predicted molar refractivity (Wildman–Crippen MR) is 152 cm³/mol. The van der Waals surface area contributed by atoms with Crippen molar-refractivity contribution in [2.75, 3.05) is 16.8 Å². The van der Waals surface area contributed by atoms with Gasteiger partial charge in [0.2, 0.25) is 5.91 Å². The lowest BCUT2D eigenvalue weighted by Crippen LogP contribution is -2.30. The van der Waals surface area contributed by atoms with E-state index in [4.69, 9.17) is 10.5 Å². The highest BCUT2D eigenvalue weighted by Crippen LogP contribution is 2.37. The zero-order valence-electron chi connectivity index (χ0n) is 22.1. The second-order valence-electron chi connectivity index (χ2n) is 10.7. The van der Waals surface area contributed by atoms with Crippen LogP contribution < -0.4 is 15.8 Å². The molecular weight excluding hydrogens is 496 g/mol. The lowest BCUT2D eigenvalue weighted by atomic mass is 9.89. The van der Waals surface area contributed by atoms with Crippen molar-refractivity contribution in [1.29, 1.82) is 0 Å². The molecule has 1 unspecified atom stereocenters. The third-order valence-corrected chi connectivity index (χ3v) is 9.47. The van der Waals surface area contributed by atoms with E-state index >= 15 is 0 Å². The fourth-order valence-corrected chi connectivity index (χ4v) is 7.21. The van der Waals surface area contributed by atoms with Crippen LogP contribution in [0, 0.1) is 13.8 Å². The highest BCUT2D eigenvalue weighted by atomic mass is 32.2. The zero-order chi connectivity index (χ0) is 26.9. The molecule has 200 valence electrons. The smallest absolute Gasteiger partial charge is 0.217 e. The fourth-order valence-electron chi connectivity index (χ4n) is 5.76. The molecule has 3 aromatic carbocycles. The minimum absolute atomic E-state index is 0.0500. The monoisotopic (exact) mass is 532 g/mol. The number of rotatable bonds is 7. The van der Waals surface area contributed by atoms with Crippen LogP contribution in [0.25, 0.3) is 11.1 Å². The molecule has 0 saturated carbocycles. The van der Waals surface area contributed by atoms with Crippen LogP contribution in [0.1, 0.15) is 59.5 Å². The molecule has 0 spiro atoms. The van der Waals surface area contributed by atoms with E-state index in [1.807, 2.05) is 0 Å². The van der Waals surface area contributed by atoms with Gasteiger partial charge in [-0.3, -0.25) is 4.79 Å². The lowest BCUT2D eigenvalue weighted by Gasteiger charge is -2.28. The number of nitrogens with one attached hydrogen (secondary N) is 1. The van der Waals surface area contributed by atoms with Gasteiger partial charge < -0.3 is 15.8 Å². The van der Waals surface area contributed by atoms with Crippen LogP contribution in [0.5, 0.6) is 5.75 Å². The maximum absolute atomic E-state index is 11.7. The summed E-state index contributed by atoms with van der Waals surface area (Å²) in [5.41, 5.74) is 14.8. The van der Waals surface area contributed by atoms with Crippen molar-refractivity contribution >= 4 is 21.4 Å². The Labute approximate surface area is 225 Å². The molecule has 7 heteroatoms. The second-order valence-corrected chi connectivity index (χ2v) is 13.0. The molecule has 38 heavy (non-hydrogen) atoms. The predicted octanol–water partition coefficient (Wildman–Crippen LogP) is 5.44. The maximum atomic E-state index is 11.7. The van der Waals surface area contributed by atoms with Crippen LogP contribution >= 0.6 is 0 Å². The quantitative estimate of drug-likeness (QED) is 0.422. The number of anilines is 1. The average Bonchev–Trinajstić information content (AvgIpc) is 2.88. The van der Waals surface area contributed by atoms with E-state index in [2.05, 4.69) is 73.8 Å². The van der Waals surface area contributed by atoms with Gasteiger partial charge in [0.05, 0.1) is 17.5 Å². The molecule has 0 aliphatic carbocycles. The number of fused-ring (bicyclic) bond motifs is 1. The first-order valence-electron chi connectivity index (χ1n) is 13.4. The van der Waals surface area contributed by atoms with Crippen molar-refractivity contribution in [3.05, 3.63) is 82.4 Å². The highest BCUT2D eigenvalue weighted by molar-refractivity contribution is 7.91. The number of aryl methyl sites for hydroxylation is 4. The molecule has 1 atom stereocenters. The van der Waals surface area contributed by atoms with Gasteiger partial charge in [-0.2, -0.15) is 0 Å². The van der Waals surface area contributed by atoms with Crippen LogP contribution in [0.3, 0.4) is 0 Å². The minimum Gasteiger partial charge on any atom is -0.490 e. The Hall–Kier alpha value is -3.32. The second kappa shape index (κ2) is 10.8. The first-order chi connectivity index (χ1) is 18.2. The highest BCUT2D eigenvalue weighted by Gasteiger charge is 2.25. The molecule has 6 nitrogen and oxygen atoms in total. The van der Waals surface area contributed by atoms with Gasteiger partial charge in [-0.05, 0) is 109 Å². The number of carbonyl (C=O) groups excluding carboxylic acids is 1. The van der Waals surface area contributed by atoms with Crippen molar-refractivity contribution in [2.24, 2.45) is 5.73 Å². The van der Waals surface area contributed by atoms with Crippen LogP contribution in [0.4, 0.5) is 5.69 Å². The zero-order valence-corrected chi connectivity index (χ0v) is 22.9. The van der Waals surface area contributed by atoms with Gasteiger partial charge in [-0.1, -0.05) is 30.3 Å². The molecule has 0 aromatic heterocycles. The third kappa shape index (κ3) is 6.04. The summed E-state index contributed by atoms with van der Waals surface area (Å²) >= 11 is 0. The number of carbonyl (C=O) groups is 1. The molecule has 2 heterocycles. The Bertz CT molecular complexity index is 1430. The standard InChI is InChI=1S/C31H36N2O4S/c1-20-16-27(37-26-12-14-38(35,36)15-13-26)17-21(2)31(20)25-5-3-4-23(19-25)29-10-8-24-18-22(7-11-30(32)34)6-9-28(24)33-29/h3-6,9,16-19,26,29,33H,7-8,10-15H2,1-2H3,(H2,32,34). The van der Waals surface area contributed by atoms with Gasteiger partial charge in [0.25, 0.3) is 0 Å². The Balaban J connectivity index is 1.31. The number of amides is 1. The Kier molecular flexibility index (Phi) is 7.48. The summed E-state index contributed by atoms with van der Waals surface area (Å²) in [6, 6.07) is 19.5. The van der Waals surface area contributed by atoms with E-state index < -0.39 is 9.84 Å². The Morgan fingerprint density at radius 3 is 2.45 bits per heavy atom. The van der Waals surface area contributed by atoms with E-state index in [0.717, 1.165) is 41.0 Å². The molecule has 0 radical (unpaired) electrons. The van der Waals surface area contributed by atoms with E-state index in [1.54, 1.807) is 0 Å². The van der Waals surface area contributed by atoms with Crippen molar-refractivity contribution in [2.45, 2.75) is 64.5 Å². The first-order valence-corrected chi connectivity index (χ1v) is 15.2. The van der Waals surface area contributed by atoms with Crippen molar-refractivity contribution < 1.29 is 17.9 Å². The summed E-state index contributed by atoms with van der Waals surface area (Å²) in [4.78, 5) is 11.1. The van der Waals surface area contributed by atoms with Gasteiger partial charge in [0, 0.05) is 12.1 Å². The number of nitrogens with two attached hydrogens (primary N) is 1. The number of benzene rings is 3. The van der Waals surface area contributed by atoms with Crippen LogP contribution in [0.2, 0.25) is 0 Å². The number of ether oxygens (including phenoxy) is 1. The molecule has 1 amide bonds. The maximum Gasteiger partial charge on any atom is 0.217 e. The number of hydrogen-bond acceptors (Lipinski definition) is 5. The molecule has 1 fully saturated rings.